The summed E-state index contributed by atoms with van der Waals surface area (Å²) in [4.78, 5) is 24.8. The summed E-state index contributed by atoms with van der Waals surface area (Å²) in [5.41, 5.74) is 1.14. The van der Waals surface area contributed by atoms with Crippen LogP contribution in [0.25, 0.3) is 0 Å². The van der Waals surface area contributed by atoms with E-state index in [1.165, 1.54) is 12.1 Å². The maximum absolute atomic E-state index is 13.6. The molecule has 2 aromatic rings. The highest BCUT2D eigenvalue weighted by atomic mass is 19.1. The van der Waals surface area contributed by atoms with Crippen LogP contribution in [0.5, 0.6) is 0 Å². The molecule has 1 saturated carbocycles. The summed E-state index contributed by atoms with van der Waals surface area (Å²) in [6.45, 7) is 2.36. The first kappa shape index (κ1) is 16.2. The second-order valence-electron chi connectivity index (χ2n) is 6.18. The summed E-state index contributed by atoms with van der Waals surface area (Å²) in [7, 11) is 0. The van der Waals surface area contributed by atoms with Gasteiger partial charge in [-0.25, -0.2) is 4.39 Å². The molecule has 1 aliphatic carbocycles. The number of carbonyl (C=O) groups is 2. The van der Waals surface area contributed by atoms with Gasteiger partial charge in [-0.15, -0.1) is 0 Å². The third-order valence-electron chi connectivity index (χ3n) is 4.32. The van der Waals surface area contributed by atoms with Crippen LogP contribution in [0.3, 0.4) is 0 Å². The van der Waals surface area contributed by atoms with Crippen molar-refractivity contribution in [3.05, 3.63) is 65.5 Å². The normalized spacial score (nSPS) is 14.8. The van der Waals surface area contributed by atoms with Gasteiger partial charge < -0.3 is 10.6 Å². The van der Waals surface area contributed by atoms with Gasteiger partial charge in [-0.1, -0.05) is 42.0 Å². The zero-order valence-corrected chi connectivity index (χ0v) is 13.4. The van der Waals surface area contributed by atoms with Crippen LogP contribution in [0.4, 0.5) is 10.1 Å². The zero-order valence-electron chi connectivity index (χ0n) is 13.4. The van der Waals surface area contributed by atoms with Crippen molar-refractivity contribution in [2.24, 2.45) is 5.41 Å². The summed E-state index contributed by atoms with van der Waals surface area (Å²) >= 11 is 0. The van der Waals surface area contributed by atoms with Crippen LogP contribution in [0, 0.1) is 18.2 Å². The number of hydrogen-bond acceptors (Lipinski definition) is 2. The number of nitrogens with one attached hydrogen (secondary N) is 2. The summed E-state index contributed by atoms with van der Waals surface area (Å²) < 4.78 is 13.6. The van der Waals surface area contributed by atoms with E-state index in [0.29, 0.717) is 19.4 Å². The van der Waals surface area contributed by atoms with Crippen molar-refractivity contribution in [3.63, 3.8) is 0 Å². The van der Waals surface area contributed by atoms with Crippen molar-refractivity contribution in [1.82, 2.24) is 5.32 Å². The standard InChI is InChI=1S/C19H19FN2O2/c1-13-6-8-14(9-7-13)12-21-17(23)19(10-11-19)18(24)22-16-5-3-2-4-15(16)20/h2-9H,10-12H2,1H3,(H,21,23)(H,22,24). The van der Waals surface area contributed by atoms with Crippen LogP contribution in [-0.2, 0) is 16.1 Å². The van der Waals surface area contributed by atoms with E-state index < -0.39 is 17.1 Å². The fourth-order valence-corrected chi connectivity index (χ4v) is 2.54. The minimum atomic E-state index is -1.08. The first-order chi connectivity index (χ1) is 11.5. The Morgan fingerprint density at radius 3 is 2.33 bits per heavy atom. The molecule has 0 aromatic heterocycles. The topological polar surface area (TPSA) is 58.2 Å². The summed E-state index contributed by atoms with van der Waals surface area (Å²) in [6, 6.07) is 13.8. The Balaban J connectivity index is 1.62. The highest BCUT2D eigenvalue weighted by Gasteiger charge is 2.56. The smallest absolute Gasteiger partial charge is 0.240 e. The number of amides is 2. The van der Waals surface area contributed by atoms with E-state index in [4.69, 9.17) is 0 Å². The van der Waals surface area contributed by atoms with Gasteiger partial charge in [0.1, 0.15) is 11.2 Å². The van der Waals surface area contributed by atoms with Crippen molar-refractivity contribution < 1.29 is 14.0 Å². The van der Waals surface area contributed by atoms with Gasteiger partial charge in [-0.3, -0.25) is 9.59 Å². The third-order valence-corrected chi connectivity index (χ3v) is 4.32. The lowest BCUT2D eigenvalue weighted by molar-refractivity contribution is -0.134. The van der Waals surface area contributed by atoms with E-state index in [1.807, 2.05) is 31.2 Å². The molecular formula is C19H19FN2O2. The van der Waals surface area contributed by atoms with Gasteiger partial charge >= 0.3 is 0 Å². The average molecular weight is 326 g/mol. The first-order valence-corrected chi connectivity index (χ1v) is 7.91. The van der Waals surface area contributed by atoms with E-state index in [2.05, 4.69) is 10.6 Å². The largest absolute Gasteiger partial charge is 0.351 e. The quantitative estimate of drug-likeness (QED) is 0.829. The van der Waals surface area contributed by atoms with Crippen molar-refractivity contribution in [3.8, 4) is 0 Å². The molecule has 2 aromatic carbocycles. The maximum Gasteiger partial charge on any atom is 0.240 e. The average Bonchev–Trinajstić information content (AvgIpc) is 3.38. The molecule has 0 radical (unpaired) electrons. The molecule has 0 heterocycles. The number of para-hydroxylation sites is 1. The Bertz CT molecular complexity index is 767. The molecule has 0 bridgehead atoms. The molecule has 2 N–H and O–H groups in total. The van der Waals surface area contributed by atoms with Crippen LogP contribution in [0.15, 0.2) is 48.5 Å². The molecule has 0 saturated heterocycles. The van der Waals surface area contributed by atoms with Crippen LogP contribution < -0.4 is 10.6 Å². The number of rotatable bonds is 5. The molecule has 24 heavy (non-hydrogen) atoms. The fraction of sp³-hybridized carbons (Fsp3) is 0.263. The first-order valence-electron chi connectivity index (χ1n) is 7.91. The van der Waals surface area contributed by atoms with E-state index in [-0.39, 0.29) is 11.6 Å². The van der Waals surface area contributed by atoms with Gasteiger partial charge in [-0.2, -0.15) is 0 Å². The number of halogens is 1. The lowest BCUT2D eigenvalue weighted by Crippen LogP contribution is -2.39. The summed E-state index contributed by atoms with van der Waals surface area (Å²) in [5, 5.41) is 5.33. The molecule has 5 heteroatoms. The molecule has 124 valence electrons. The van der Waals surface area contributed by atoms with Crippen LogP contribution in [-0.4, -0.2) is 11.8 Å². The number of aryl methyl sites for hydroxylation is 1. The molecule has 1 aliphatic rings. The Morgan fingerprint density at radius 2 is 1.71 bits per heavy atom. The van der Waals surface area contributed by atoms with E-state index in [9.17, 15) is 14.0 Å². The van der Waals surface area contributed by atoms with Gasteiger partial charge in [0.05, 0.1) is 5.69 Å². The minimum absolute atomic E-state index is 0.0973. The van der Waals surface area contributed by atoms with Gasteiger partial charge in [0.2, 0.25) is 11.8 Å². The van der Waals surface area contributed by atoms with Gasteiger partial charge in [0, 0.05) is 6.54 Å². The van der Waals surface area contributed by atoms with Crippen LogP contribution in [0.1, 0.15) is 24.0 Å². The number of hydrogen-bond donors (Lipinski definition) is 2. The Hall–Kier alpha value is -2.69. The molecular weight excluding hydrogens is 307 g/mol. The molecule has 4 nitrogen and oxygen atoms in total. The van der Waals surface area contributed by atoms with Crippen molar-refractivity contribution >= 4 is 17.5 Å². The maximum atomic E-state index is 13.6. The summed E-state index contributed by atoms with van der Waals surface area (Å²) in [6.07, 6.45) is 0.958. The Labute approximate surface area is 140 Å². The Kier molecular flexibility index (Phi) is 4.34. The van der Waals surface area contributed by atoms with Crippen molar-refractivity contribution in [1.29, 1.82) is 0 Å². The van der Waals surface area contributed by atoms with E-state index in [1.54, 1.807) is 12.1 Å². The van der Waals surface area contributed by atoms with Crippen molar-refractivity contribution in [2.75, 3.05) is 5.32 Å². The molecule has 2 amide bonds. The molecule has 1 fully saturated rings. The highest BCUT2D eigenvalue weighted by molar-refractivity contribution is 6.13. The van der Waals surface area contributed by atoms with Crippen molar-refractivity contribution in [2.45, 2.75) is 26.3 Å². The van der Waals surface area contributed by atoms with Gasteiger partial charge in [0.25, 0.3) is 0 Å². The summed E-state index contributed by atoms with van der Waals surface area (Å²) in [5.74, 6) is -1.27. The van der Waals surface area contributed by atoms with Crippen LogP contribution in [0.2, 0.25) is 0 Å². The monoisotopic (exact) mass is 326 g/mol. The molecule has 0 unspecified atom stereocenters. The van der Waals surface area contributed by atoms with Gasteiger partial charge in [-0.05, 0) is 37.5 Å². The number of benzene rings is 2. The number of anilines is 1. The zero-order chi connectivity index (χ0) is 17.2. The minimum Gasteiger partial charge on any atom is -0.351 e. The van der Waals surface area contributed by atoms with Gasteiger partial charge in [0.15, 0.2) is 0 Å². The lowest BCUT2D eigenvalue weighted by atomic mass is 10.0. The lowest BCUT2D eigenvalue weighted by Gasteiger charge is -2.16. The van der Waals surface area contributed by atoms with Crippen LogP contribution >= 0.6 is 0 Å². The second-order valence-corrected chi connectivity index (χ2v) is 6.18. The van der Waals surface area contributed by atoms with E-state index >= 15 is 0 Å². The second kappa shape index (κ2) is 6.43. The molecule has 3 rings (SSSR count). The SMILES string of the molecule is Cc1ccc(CNC(=O)C2(C(=O)Nc3ccccc3F)CC2)cc1. The fourth-order valence-electron chi connectivity index (χ4n) is 2.54. The molecule has 0 spiro atoms. The predicted octanol–water partition coefficient (Wildman–Crippen LogP) is 3.17. The Morgan fingerprint density at radius 1 is 1.04 bits per heavy atom. The molecule has 0 atom stereocenters. The molecule has 0 aliphatic heterocycles. The number of carbonyl (C=O) groups excluding carboxylic acids is 2. The van der Waals surface area contributed by atoms with E-state index in [0.717, 1.165) is 11.1 Å². The third kappa shape index (κ3) is 3.30. The predicted molar refractivity (Wildman–Crippen MR) is 89.7 cm³/mol. The highest BCUT2D eigenvalue weighted by Crippen LogP contribution is 2.47.